The lowest BCUT2D eigenvalue weighted by Gasteiger charge is -2.11. The maximum atomic E-state index is 12.3. The smallest absolute Gasteiger partial charge is 0.338 e. The van der Waals surface area contributed by atoms with Gasteiger partial charge in [0.15, 0.2) is 11.5 Å². The Bertz CT molecular complexity index is 822. The molecule has 0 atom stereocenters. The van der Waals surface area contributed by atoms with Gasteiger partial charge in [-0.1, -0.05) is 0 Å². The van der Waals surface area contributed by atoms with E-state index in [-0.39, 0.29) is 17.6 Å². The molecule has 2 aromatic rings. The number of ether oxygens (including phenoxy) is 3. The van der Waals surface area contributed by atoms with Gasteiger partial charge in [0.2, 0.25) is 5.91 Å². The average Bonchev–Trinajstić information content (AvgIpc) is 2.67. The summed E-state index contributed by atoms with van der Waals surface area (Å²) >= 11 is 1.40. The number of esters is 1. The number of anilines is 1. The number of amides is 1. The number of hydrogen-bond acceptors (Lipinski definition) is 6. The normalized spacial score (nSPS) is 10.2. The number of carbonyl (C=O) groups is 2. The maximum absolute atomic E-state index is 12.3. The standard InChI is InChI=1S/C20H23NO5S/c1-5-26-20(23)14-6-8-16(13(2)10-14)21-19(22)12-27-15-7-9-17(24-3)18(11-15)25-4/h6-11H,5,12H2,1-4H3,(H,21,22). The molecule has 2 rings (SSSR count). The highest BCUT2D eigenvalue weighted by atomic mass is 32.2. The van der Waals surface area contributed by atoms with Gasteiger partial charge in [0.05, 0.1) is 32.1 Å². The molecular formula is C20H23NO5S. The van der Waals surface area contributed by atoms with Gasteiger partial charge in [0.25, 0.3) is 0 Å². The lowest BCUT2D eigenvalue weighted by Crippen LogP contribution is -2.15. The quantitative estimate of drug-likeness (QED) is 0.545. The van der Waals surface area contributed by atoms with Gasteiger partial charge in [-0.05, 0) is 55.8 Å². The molecule has 7 heteroatoms. The molecular weight excluding hydrogens is 366 g/mol. The fourth-order valence-corrected chi connectivity index (χ4v) is 3.11. The number of benzene rings is 2. The summed E-state index contributed by atoms with van der Waals surface area (Å²) in [7, 11) is 3.15. The Kier molecular flexibility index (Phi) is 7.55. The van der Waals surface area contributed by atoms with Crippen LogP contribution in [0.25, 0.3) is 0 Å². The van der Waals surface area contributed by atoms with Gasteiger partial charge in [0, 0.05) is 10.6 Å². The van der Waals surface area contributed by atoms with Gasteiger partial charge in [-0.3, -0.25) is 4.79 Å². The third-order valence-electron chi connectivity index (χ3n) is 3.74. The second kappa shape index (κ2) is 9.87. The minimum atomic E-state index is -0.373. The number of carbonyl (C=O) groups excluding carboxylic acids is 2. The molecule has 27 heavy (non-hydrogen) atoms. The van der Waals surface area contributed by atoms with Crippen molar-refractivity contribution in [1.29, 1.82) is 0 Å². The summed E-state index contributed by atoms with van der Waals surface area (Å²) in [5, 5.41) is 2.86. The first kappa shape index (κ1) is 20.6. The SMILES string of the molecule is CCOC(=O)c1ccc(NC(=O)CSc2ccc(OC)c(OC)c2)c(C)c1. The minimum Gasteiger partial charge on any atom is -0.493 e. The van der Waals surface area contributed by atoms with Gasteiger partial charge < -0.3 is 19.5 Å². The Labute approximate surface area is 163 Å². The highest BCUT2D eigenvalue weighted by Gasteiger charge is 2.11. The largest absolute Gasteiger partial charge is 0.493 e. The van der Waals surface area contributed by atoms with Crippen molar-refractivity contribution in [2.45, 2.75) is 18.7 Å². The molecule has 0 spiro atoms. The van der Waals surface area contributed by atoms with E-state index in [1.54, 1.807) is 45.4 Å². The van der Waals surface area contributed by atoms with Crippen molar-refractivity contribution in [1.82, 2.24) is 0 Å². The third-order valence-corrected chi connectivity index (χ3v) is 4.73. The summed E-state index contributed by atoms with van der Waals surface area (Å²) in [6.45, 7) is 3.92. The summed E-state index contributed by atoms with van der Waals surface area (Å²) in [5.41, 5.74) is 1.93. The van der Waals surface area contributed by atoms with Crippen LogP contribution in [-0.2, 0) is 9.53 Å². The first-order chi connectivity index (χ1) is 13.0. The molecule has 1 N–H and O–H groups in total. The highest BCUT2D eigenvalue weighted by Crippen LogP contribution is 2.31. The van der Waals surface area contributed by atoms with Crippen LogP contribution in [0.4, 0.5) is 5.69 Å². The molecule has 0 radical (unpaired) electrons. The molecule has 0 heterocycles. The van der Waals surface area contributed by atoms with Gasteiger partial charge in [-0.2, -0.15) is 0 Å². The van der Waals surface area contributed by atoms with Crippen LogP contribution >= 0.6 is 11.8 Å². The molecule has 0 saturated carbocycles. The molecule has 0 aliphatic carbocycles. The van der Waals surface area contributed by atoms with Crippen molar-refractivity contribution >= 4 is 29.3 Å². The third kappa shape index (κ3) is 5.65. The predicted molar refractivity (Wildman–Crippen MR) is 106 cm³/mol. The minimum absolute atomic E-state index is 0.137. The number of methoxy groups -OCH3 is 2. The van der Waals surface area contributed by atoms with E-state index in [1.807, 2.05) is 19.1 Å². The zero-order chi connectivity index (χ0) is 19.8. The number of hydrogen-bond donors (Lipinski definition) is 1. The van der Waals surface area contributed by atoms with E-state index in [0.717, 1.165) is 10.5 Å². The second-order valence-electron chi connectivity index (χ2n) is 5.60. The Morgan fingerprint density at radius 3 is 2.41 bits per heavy atom. The van der Waals surface area contributed by atoms with Crippen molar-refractivity contribution in [3.63, 3.8) is 0 Å². The number of thioether (sulfide) groups is 1. The van der Waals surface area contributed by atoms with Crippen LogP contribution in [0, 0.1) is 6.92 Å². The number of rotatable bonds is 8. The Hall–Kier alpha value is -2.67. The van der Waals surface area contributed by atoms with Gasteiger partial charge in [0.1, 0.15) is 0 Å². The lowest BCUT2D eigenvalue weighted by molar-refractivity contribution is -0.113. The molecule has 0 unspecified atom stereocenters. The summed E-state index contributed by atoms with van der Waals surface area (Å²) in [6.07, 6.45) is 0. The fraction of sp³-hybridized carbons (Fsp3) is 0.300. The number of aryl methyl sites for hydroxylation is 1. The van der Waals surface area contributed by atoms with Crippen LogP contribution in [0.5, 0.6) is 11.5 Å². The summed E-state index contributed by atoms with van der Waals surface area (Å²) < 4.78 is 15.4. The van der Waals surface area contributed by atoms with E-state index in [1.165, 1.54) is 11.8 Å². The maximum Gasteiger partial charge on any atom is 0.338 e. The fourth-order valence-electron chi connectivity index (χ4n) is 2.39. The molecule has 2 aromatic carbocycles. The van der Waals surface area contributed by atoms with Crippen molar-refractivity contribution < 1.29 is 23.8 Å². The Balaban J connectivity index is 1.97. The molecule has 0 aliphatic heterocycles. The van der Waals surface area contributed by atoms with Crippen LogP contribution in [-0.4, -0.2) is 38.5 Å². The lowest BCUT2D eigenvalue weighted by atomic mass is 10.1. The summed E-state index contributed by atoms with van der Waals surface area (Å²) in [5.74, 6) is 0.996. The zero-order valence-corrected chi connectivity index (χ0v) is 16.6. The molecule has 0 aromatic heterocycles. The Morgan fingerprint density at radius 2 is 1.78 bits per heavy atom. The van der Waals surface area contributed by atoms with E-state index in [0.29, 0.717) is 29.4 Å². The second-order valence-corrected chi connectivity index (χ2v) is 6.65. The van der Waals surface area contributed by atoms with Crippen molar-refractivity contribution in [2.75, 3.05) is 31.9 Å². The van der Waals surface area contributed by atoms with Gasteiger partial charge in [-0.25, -0.2) is 4.79 Å². The monoisotopic (exact) mass is 389 g/mol. The van der Waals surface area contributed by atoms with Crippen LogP contribution in [0.2, 0.25) is 0 Å². The molecule has 1 amide bonds. The summed E-state index contributed by atoms with van der Waals surface area (Å²) in [6, 6.07) is 10.6. The molecule has 6 nitrogen and oxygen atoms in total. The van der Waals surface area contributed by atoms with Crippen molar-refractivity contribution in [2.24, 2.45) is 0 Å². The van der Waals surface area contributed by atoms with Crippen molar-refractivity contribution in [3.05, 3.63) is 47.5 Å². The van der Waals surface area contributed by atoms with E-state index in [2.05, 4.69) is 5.32 Å². The topological polar surface area (TPSA) is 73.9 Å². The molecule has 0 bridgehead atoms. The average molecular weight is 389 g/mol. The van der Waals surface area contributed by atoms with Crippen LogP contribution in [0.15, 0.2) is 41.3 Å². The zero-order valence-electron chi connectivity index (χ0n) is 15.8. The van der Waals surface area contributed by atoms with E-state index in [9.17, 15) is 9.59 Å². The molecule has 0 saturated heterocycles. The van der Waals surface area contributed by atoms with E-state index < -0.39 is 0 Å². The molecule has 0 aliphatic rings. The summed E-state index contributed by atoms with van der Waals surface area (Å²) in [4.78, 5) is 24.9. The van der Waals surface area contributed by atoms with E-state index >= 15 is 0 Å². The number of nitrogens with one attached hydrogen (secondary N) is 1. The molecule has 144 valence electrons. The first-order valence-corrected chi connectivity index (χ1v) is 9.39. The van der Waals surface area contributed by atoms with Crippen LogP contribution < -0.4 is 14.8 Å². The molecule has 0 fully saturated rings. The van der Waals surface area contributed by atoms with Gasteiger partial charge >= 0.3 is 5.97 Å². The van der Waals surface area contributed by atoms with Crippen molar-refractivity contribution in [3.8, 4) is 11.5 Å². The predicted octanol–water partition coefficient (Wildman–Crippen LogP) is 3.92. The van der Waals surface area contributed by atoms with Crippen LogP contribution in [0.1, 0.15) is 22.8 Å². The van der Waals surface area contributed by atoms with Crippen LogP contribution in [0.3, 0.4) is 0 Å². The highest BCUT2D eigenvalue weighted by molar-refractivity contribution is 8.00. The first-order valence-electron chi connectivity index (χ1n) is 8.41. The van der Waals surface area contributed by atoms with Gasteiger partial charge in [-0.15, -0.1) is 11.8 Å². The van der Waals surface area contributed by atoms with E-state index in [4.69, 9.17) is 14.2 Å². The Morgan fingerprint density at radius 1 is 1.04 bits per heavy atom.